The second kappa shape index (κ2) is 7.16. The van der Waals surface area contributed by atoms with Crippen molar-refractivity contribution in [3.8, 4) is 0 Å². The Balaban J connectivity index is 1.63. The van der Waals surface area contributed by atoms with Gasteiger partial charge in [-0.2, -0.15) is 0 Å². The standard InChI is InChI=1S/C22H19SSi/c1-3-9-19(10-4-1)24(20-11-5-2-6-12-20)16-15-18-17-23-22-14-8-7-13-21(18)22/h1-14,17H,15-16H2. The van der Waals surface area contributed by atoms with Crippen molar-refractivity contribution >= 4 is 40.6 Å². The quantitative estimate of drug-likeness (QED) is 0.459. The fraction of sp³-hybridized carbons (Fsp3) is 0.0909. The van der Waals surface area contributed by atoms with Gasteiger partial charge in [-0.3, -0.25) is 0 Å². The van der Waals surface area contributed by atoms with Gasteiger partial charge in [0.1, 0.15) is 8.80 Å². The lowest BCUT2D eigenvalue weighted by Gasteiger charge is -2.16. The molecular formula is C22H19SSi. The topological polar surface area (TPSA) is 0 Å². The van der Waals surface area contributed by atoms with E-state index in [0.29, 0.717) is 0 Å². The van der Waals surface area contributed by atoms with Crippen LogP contribution in [0.15, 0.2) is 90.3 Å². The van der Waals surface area contributed by atoms with Crippen molar-refractivity contribution in [2.45, 2.75) is 12.5 Å². The van der Waals surface area contributed by atoms with Crippen molar-refractivity contribution in [1.29, 1.82) is 0 Å². The number of fused-ring (bicyclic) bond motifs is 1. The molecule has 0 bridgehead atoms. The highest BCUT2D eigenvalue weighted by Gasteiger charge is 2.17. The largest absolute Gasteiger partial charge is 0.144 e. The lowest BCUT2D eigenvalue weighted by atomic mass is 10.1. The number of benzene rings is 3. The molecule has 117 valence electrons. The molecule has 0 atom stereocenters. The Morgan fingerprint density at radius 3 is 1.92 bits per heavy atom. The maximum Gasteiger partial charge on any atom is 0.121 e. The summed E-state index contributed by atoms with van der Waals surface area (Å²) in [7, 11) is -0.739. The van der Waals surface area contributed by atoms with E-state index in [-0.39, 0.29) is 0 Å². The van der Waals surface area contributed by atoms with Gasteiger partial charge in [-0.25, -0.2) is 0 Å². The molecule has 0 saturated heterocycles. The summed E-state index contributed by atoms with van der Waals surface area (Å²) in [6.45, 7) is 0. The molecule has 0 unspecified atom stereocenters. The van der Waals surface area contributed by atoms with Gasteiger partial charge >= 0.3 is 0 Å². The zero-order chi connectivity index (χ0) is 16.2. The van der Waals surface area contributed by atoms with Crippen molar-refractivity contribution in [3.63, 3.8) is 0 Å². The monoisotopic (exact) mass is 343 g/mol. The van der Waals surface area contributed by atoms with Crippen LogP contribution in [0.25, 0.3) is 10.1 Å². The minimum absolute atomic E-state index is 0.739. The average Bonchev–Trinajstić information content (AvgIpc) is 3.07. The van der Waals surface area contributed by atoms with Crippen LogP contribution >= 0.6 is 11.3 Å². The van der Waals surface area contributed by atoms with Crippen LogP contribution in [0.5, 0.6) is 0 Å². The number of hydrogen-bond donors (Lipinski definition) is 0. The van der Waals surface area contributed by atoms with Crippen molar-refractivity contribution < 1.29 is 0 Å². The first-order valence-electron chi connectivity index (χ1n) is 8.33. The van der Waals surface area contributed by atoms with Crippen LogP contribution in [0.4, 0.5) is 0 Å². The molecule has 4 aromatic rings. The fourth-order valence-corrected chi connectivity index (χ4v) is 6.84. The Labute approximate surface area is 149 Å². The summed E-state index contributed by atoms with van der Waals surface area (Å²) in [5.41, 5.74) is 1.50. The van der Waals surface area contributed by atoms with E-state index in [9.17, 15) is 0 Å². The fourth-order valence-electron chi connectivity index (χ4n) is 3.22. The van der Waals surface area contributed by atoms with Gasteiger partial charge in [0.2, 0.25) is 0 Å². The first-order chi connectivity index (χ1) is 11.9. The summed E-state index contributed by atoms with van der Waals surface area (Å²) in [6.07, 6.45) is 1.15. The summed E-state index contributed by atoms with van der Waals surface area (Å²) >= 11 is 1.87. The van der Waals surface area contributed by atoms with E-state index in [0.717, 1.165) is 6.42 Å². The maximum absolute atomic E-state index is 2.35. The Kier molecular flexibility index (Phi) is 4.59. The normalized spacial score (nSPS) is 11.2. The molecule has 0 fully saturated rings. The predicted molar refractivity (Wildman–Crippen MR) is 108 cm³/mol. The zero-order valence-corrected chi connectivity index (χ0v) is 15.3. The molecule has 3 aromatic carbocycles. The summed E-state index contributed by atoms with van der Waals surface area (Å²) in [5.74, 6) is 0. The third-order valence-corrected chi connectivity index (χ3v) is 8.27. The van der Waals surface area contributed by atoms with Crippen LogP contribution in [-0.4, -0.2) is 8.80 Å². The van der Waals surface area contributed by atoms with E-state index in [4.69, 9.17) is 0 Å². The molecule has 0 nitrogen and oxygen atoms in total. The summed E-state index contributed by atoms with van der Waals surface area (Å²) in [5, 5.41) is 6.80. The Bertz CT molecular complexity index is 873. The molecule has 0 amide bonds. The van der Waals surface area contributed by atoms with Gasteiger partial charge in [-0.05, 0) is 34.9 Å². The van der Waals surface area contributed by atoms with Gasteiger partial charge in [0.15, 0.2) is 0 Å². The number of aryl methyl sites for hydroxylation is 1. The first kappa shape index (κ1) is 15.4. The van der Waals surface area contributed by atoms with Gasteiger partial charge < -0.3 is 0 Å². The van der Waals surface area contributed by atoms with E-state index >= 15 is 0 Å². The molecule has 1 radical (unpaired) electrons. The zero-order valence-electron chi connectivity index (χ0n) is 13.5. The minimum Gasteiger partial charge on any atom is -0.144 e. The summed E-state index contributed by atoms with van der Waals surface area (Å²) in [6, 6.07) is 32.1. The van der Waals surface area contributed by atoms with Crippen LogP contribution in [-0.2, 0) is 6.42 Å². The van der Waals surface area contributed by atoms with E-state index in [1.54, 1.807) is 0 Å². The summed E-state index contributed by atoms with van der Waals surface area (Å²) < 4.78 is 1.40. The van der Waals surface area contributed by atoms with E-state index in [1.165, 1.54) is 32.1 Å². The molecule has 24 heavy (non-hydrogen) atoms. The van der Waals surface area contributed by atoms with E-state index in [2.05, 4.69) is 90.3 Å². The van der Waals surface area contributed by atoms with Gasteiger partial charge in [-0.1, -0.05) is 89.2 Å². The van der Waals surface area contributed by atoms with Crippen molar-refractivity contribution in [2.24, 2.45) is 0 Å². The van der Waals surface area contributed by atoms with Crippen LogP contribution in [0.3, 0.4) is 0 Å². The van der Waals surface area contributed by atoms with Crippen LogP contribution < -0.4 is 10.4 Å². The number of thiophene rings is 1. The van der Waals surface area contributed by atoms with Crippen LogP contribution in [0.2, 0.25) is 6.04 Å². The van der Waals surface area contributed by atoms with Gasteiger partial charge in [-0.15, -0.1) is 11.3 Å². The number of rotatable bonds is 5. The minimum atomic E-state index is -0.739. The van der Waals surface area contributed by atoms with Crippen molar-refractivity contribution in [3.05, 3.63) is 95.9 Å². The molecule has 2 heteroatoms. The molecule has 0 aliphatic rings. The third-order valence-electron chi connectivity index (χ3n) is 4.45. The maximum atomic E-state index is 2.35. The molecule has 1 heterocycles. The predicted octanol–water partition coefficient (Wildman–Crippen LogP) is 4.75. The highest BCUT2D eigenvalue weighted by atomic mass is 32.1. The molecular weight excluding hydrogens is 324 g/mol. The lowest BCUT2D eigenvalue weighted by Crippen LogP contribution is -2.42. The van der Waals surface area contributed by atoms with Gasteiger partial charge in [0.25, 0.3) is 0 Å². The molecule has 1 aromatic heterocycles. The highest BCUT2D eigenvalue weighted by Crippen LogP contribution is 2.26. The van der Waals surface area contributed by atoms with Crippen molar-refractivity contribution in [2.75, 3.05) is 0 Å². The first-order valence-corrected chi connectivity index (χ1v) is 10.9. The van der Waals surface area contributed by atoms with Crippen molar-refractivity contribution in [1.82, 2.24) is 0 Å². The molecule has 0 aliphatic heterocycles. The van der Waals surface area contributed by atoms with Crippen LogP contribution in [0.1, 0.15) is 5.56 Å². The molecule has 0 N–H and O–H groups in total. The Morgan fingerprint density at radius 1 is 0.667 bits per heavy atom. The SMILES string of the molecule is c1ccc([Si](CCc2csc3ccccc23)c2ccccc2)cc1. The average molecular weight is 344 g/mol. The van der Waals surface area contributed by atoms with Gasteiger partial charge in [0, 0.05) is 4.70 Å². The third kappa shape index (κ3) is 3.21. The van der Waals surface area contributed by atoms with Crippen LogP contribution in [0, 0.1) is 0 Å². The Morgan fingerprint density at radius 2 is 1.25 bits per heavy atom. The smallest absolute Gasteiger partial charge is 0.121 e. The van der Waals surface area contributed by atoms with E-state index in [1.807, 2.05) is 11.3 Å². The number of hydrogen-bond acceptors (Lipinski definition) is 1. The Hall–Kier alpha value is -2.16. The lowest BCUT2D eigenvalue weighted by molar-refractivity contribution is 1.15. The molecule has 0 spiro atoms. The second-order valence-corrected chi connectivity index (χ2v) is 9.49. The molecule has 0 aliphatic carbocycles. The second-order valence-electron chi connectivity index (χ2n) is 5.97. The highest BCUT2D eigenvalue weighted by molar-refractivity contribution is 7.17. The molecule has 0 saturated carbocycles. The summed E-state index contributed by atoms with van der Waals surface area (Å²) in [4.78, 5) is 0. The van der Waals surface area contributed by atoms with E-state index < -0.39 is 8.80 Å². The molecule has 4 rings (SSSR count). The van der Waals surface area contributed by atoms with Gasteiger partial charge in [0.05, 0.1) is 0 Å².